The van der Waals surface area contributed by atoms with E-state index in [0.29, 0.717) is 17.5 Å². The summed E-state index contributed by atoms with van der Waals surface area (Å²) in [5.41, 5.74) is 4.25. The van der Waals surface area contributed by atoms with Crippen LogP contribution in [-0.2, 0) is 19.6 Å². The van der Waals surface area contributed by atoms with E-state index in [-0.39, 0.29) is 30.9 Å². The van der Waals surface area contributed by atoms with Gasteiger partial charge in [0.15, 0.2) is 17.4 Å². The first-order chi connectivity index (χ1) is 17.9. The van der Waals surface area contributed by atoms with Crippen LogP contribution in [0, 0.1) is 11.6 Å². The Morgan fingerprint density at radius 3 is 2.65 bits per heavy atom. The third-order valence-electron chi connectivity index (χ3n) is 6.31. The van der Waals surface area contributed by atoms with Gasteiger partial charge in [-0.3, -0.25) is 9.59 Å². The molecule has 0 saturated heterocycles. The molecule has 0 saturated carbocycles. The molecule has 186 valence electrons. The lowest BCUT2D eigenvalue weighted by atomic mass is 9.99. The smallest absolute Gasteiger partial charge is 0.261 e. The summed E-state index contributed by atoms with van der Waals surface area (Å²) in [6.07, 6.45) is 5.58. The average molecular weight is 500 g/mol. The molecule has 3 aromatic heterocycles. The fraction of sp³-hybridized carbons (Fsp3) is 0.138. The van der Waals surface area contributed by atoms with Gasteiger partial charge in [-0.25, -0.2) is 13.8 Å². The topological polar surface area (TPSA) is 88.0 Å². The summed E-state index contributed by atoms with van der Waals surface area (Å²) in [6.45, 7) is -0.0750. The number of hydrogen-bond donors (Lipinski definition) is 2. The van der Waals surface area contributed by atoms with Gasteiger partial charge in [0.1, 0.15) is 5.65 Å². The van der Waals surface area contributed by atoms with Crippen LogP contribution in [-0.4, -0.2) is 25.4 Å². The lowest BCUT2D eigenvalue weighted by Crippen LogP contribution is -2.26. The number of aliphatic hydroxyl groups is 1. The molecule has 0 unspecified atom stereocenters. The van der Waals surface area contributed by atoms with Crippen LogP contribution < -0.4 is 5.56 Å². The van der Waals surface area contributed by atoms with Crippen LogP contribution in [0.5, 0.6) is 0 Å². The van der Waals surface area contributed by atoms with Crippen LogP contribution in [0.15, 0.2) is 84.0 Å². The Kier molecular flexibility index (Phi) is 6.74. The zero-order valence-corrected chi connectivity index (χ0v) is 19.7. The van der Waals surface area contributed by atoms with Crippen molar-refractivity contribution in [2.45, 2.75) is 26.0 Å². The summed E-state index contributed by atoms with van der Waals surface area (Å²) in [5.74, 6) is -2.24. The molecule has 5 aromatic rings. The number of nitrogens with zero attached hydrogens (tertiary/aromatic N) is 2. The molecule has 0 bridgehead atoms. The van der Waals surface area contributed by atoms with Crippen molar-refractivity contribution in [2.24, 2.45) is 0 Å². The Morgan fingerprint density at radius 2 is 1.84 bits per heavy atom. The first kappa shape index (κ1) is 24.3. The van der Waals surface area contributed by atoms with E-state index >= 15 is 0 Å². The lowest BCUT2D eigenvalue weighted by molar-refractivity contribution is 0.0980. The standard InChI is InChI=1S/C29H23F2N3O3/c30-25-8-6-19(13-26(25)31)16-34-10-2-5-22(29(34)37)27(36)9-7-18-3-1-4-21(11-18)24-15-33-28-23(24)12-20(17-35)14-32-28/h1-6,8,10-15,35H,7,9,16-17H2,(H,32,33). The van der Waals surface area contributed by atoms with Gasteiger partial charge in [0, 0.05) is 36.0 Å². The second-order valence-corrected chi connectivity index (χ2v) is 8.83. The number of aryl methyl sites for hydroxylation is 1. The molecule has 2 N–H and O–H groups in total. The number of carbonyl (C=O) groups excluding carboxylic acids is 1. The quantitative estimate of drug-likeness (QED) is 0.293. The predicted octanol–water partition coefficient (Wildman–Crippen LogP) is 5.03. The maximum Gasteiger partial charge on any atom is 0.261 e. The molecular weight excluding hydrogens is 476 g/mol. The van der Waals surface area contributed by atoms with Crippen LogP contribution in [0.4, 0.5) is 8.78 Å². The van der Waals surface area contributed by atoms with Crippen molar-refractivity contribution in [1.82, 2.24) is 14.5 Å². The molecule has 5 rings (SSSR count). The number of aliphatic hydroxyl groups excluding tert-OH is 1. The number of carbonyl (C=O) groups is 1. The average Bonchev–Trinajstić information content (AvgIpc) is 3.34. The molecule has 6 nitrogen and oxygen atoms in total. The van der Waals surface area contributed by atoms with Gasteiger partial charge in [0.2, 0.25) is 0 Å². The number of nitrogens with one attached hydrogen (secondary N) is 1. The van der Waals surface area contributed by atoms with Crippen molar-refractivity contribution in [2.75, 3.05) is 0 Å². The summed E-state index contributed by atoms with van der Waals surface area (Å²) >= 11 is 0. The van der Waals surface area contributed by atoms with Crippen molar-refractivity contribution >= 4 is 16.8 Å². The number of rotatable bonds is 8. The third-order valence-corrected chi connectivity index (χ3v) is 6.31. The Bertz CT molecular complexity index is 1670. The van der Waals surface area contributed by atoms with Gasteiger partial charge < -0.3 is 14.7 Å². The summed E-state index contributed by atoms with van der Waals surface area (Å²) in [6, 6.07) is 16.2. The minimum Gasteiger partial charge on any atom is -0.392 e. The number of fused-ring (bicyclic) bond motifs is 1. The monoisotopic (exact) mass is 499 g/mol. The number of ketones is 1. The van der Waals surface area contributed by atoms with Gasteiger partial charge in [-0.05, 0) is 59.0 Å². The molecular formula is C29H23F2N3O3. The van der Waals surface area contributed by atoms with E-state index in [1.807, 2.05) is 36.5 Å². The van der Waals surface area contributed by atoms with E-state index in [4.69, 9.17) is 0 Å². The number of benzene rings is 2. The molecule has 0 aliphatic heterocycles. The number of pyridine rings is 2. The normalized spacial score (nSPS) is 11.2. The molecule has 0 aliphatic rings. The van der Waals surface area contributed by atoms with Crippen LogP contribution in [0.3, 0.4) is 0 Å². The zero-order valence-electron chi connectivity index (χ0n) is 19.7. The second kappa shape index (κ2) is 10.3. The number of Topliss-reactive ketones (excluding diaryl/α,β-unsaturated/α-hetero) is 1. The van der Waals surface area contributed by atoms with Crippen molar-refractivity contribution in [1.29, 1.82) is 0 Å². The van der Waals surface area contributed by atoms with Gasteiger partial charge in [-0.2, -0.15) is 0 Å². The second-order valence-electron chi connectivity index (χ2n) is 8.83. The van der Waals surface area contributed by atoms with Gasteiger partial charge in [-0.15, -0.1) is 0 Å². The van der Waals surface area contributed by atoms with Crippen molar-refractivity contribution in [3.8, 4) is 11.1 Å². The number of hydrogen-bond acceptors (Lipinski definition) is 4. The molecule has 0 aliphatic carbocycles. The first-order valence-electron chi connectivity index (χ1n) is 11.8. The Balaban J connectivity index is 1.32. The highest BCUT2D eigenvalue weighted by Crippen LogP contribution is 2.29. The highest BCUT2D eigenvalue weighted by Gasteiger charge is 2.14. The number of aromatic amines is 1. The Morgan fingerprint density at radius 1 is 0.973 bits per heavy atom. The fourth-order valence-electron chi connectivity index (χ4n) is 4.37. The van der Waals surface area contributed by atoms with E-state index in [1.54, 1.807) is 12.3 Å². The maximum absolute atomic E-state index is 13.5. The van der Waals surface area contributed by atoms with E-state index in [9.17, 15) is 23.5 Å². The van der Waals surface area contributed by atoms with Crippen molar-refractivity contribution in [3.63, 3.8) is 0 Å². The Labute approximate surface area is 210 Å². The molecule has 0 atom stereocenters. The molecule has 8 heteroatoms. The van der Waals surface area contributed by atoms with Crippen molar-refractivity contribution in [3.05, 3.63) is 123 Å². The van der Waals surface area contributed by atoms with E-state index in [0.717, 1.165) is 39.9 Å². The largest absolute Gasteiger partial charge is 0.392 e. The van der Waals surface area contributed by atoms with Crippen LogP contribution in [0.2, 0.25) is 0 Å². The summed E-state index contributed by atoms with van der Waals surface area (Å²) in [4.78, 5) is 33.3. The number of H-pyrrole nitrogens is 1. The van der Waals surface area contributed by atoms with Gasteiger partial charge in [-0.1, -0.05) is 30.3 Å². The highest BCUT2D eigenvalue weighted by atomic mass is 19.2. The highest BCUT2D eigenvalue weighted by molar-refractivity contribution is 5.96. The van der Waals surface area contributed by atoms with E-state index < -0.39 is 17.2 Å². The minimum atomic E-state index is -0.988. The number of halogens is 2. The van der Waals surface area contributed by atoms with Gasteiger partial charge in [0.25, 0.3) is 5.56 Å². The Hall–Kier alpha value is -4.43. The zero-order chi connectivity index (χ0) is 25.9. The molecule has 0 fully saturated rings. The fourth-order valence-corrected chi connectivity index (χ4v) is 4.37. The van der Waals surface area contributed by atoms with E-state index in [1.165, 1.54) is 22.9 Å². The van der Waals surface area contributed by atoms with Gasteiger partial charge >= 0.3 is 0 Å². The maximum atomic E-state index is 13.5. The molecule has 0 spiro atoms. The molecule has 37 heavy (non-hydrogen) atoms. The molecule has 0 radical (unpaired) electrons. The predicted molar refractivity (Wildman–Crippen MR) is 136 cm³/mol. The van der Waals surface area contributed by atoms with Gasteiger partial charge in [0.05, 0.1) is 18.7 Å². The summed E-state index contributed by atoms with van der Waals surface area (Å²) < 4.78 is 28.1. The lowest BCUT2D eigenvalue weighted by Gasteiger charge is -2.09. The molecule has 3 heterocycles. The molecule has 0 amide bonds. The number of aromatic nitrogens is 3. The summed E-state index contributed by atoms with van der Waals surface area (Å²) in [5, 5.41) is 10.3. The summed E-state index contributed by atoms with van der Waals surface area (Å²) in [7, 11) is 0. The molecule has 2 aromatic carbocycles. The minimum absolute atomic E-state index is 0.0245. The first-order valence-corrected chi connectivity index (χ1v) is 11.8. The van der Waals surface area contributed by atoms with Crippen LogP contribution >= 0.6 is 0 Å². The third kappa shape index (κ3) is 5.10. The van der Waals surface area contributed by atoms with E-state index in [2.05, 4.69) is 9.97 Å². The SMILES string of the molecule is O=C(CCc1cccc(-c2c[nH]c3ncc(CO)cc23)c1)c1cccn(Cc2ccc(F)c(F)c2)c1=O. The van der Waals surface area contributed by atoms with Crippen LogP contribution in [0.25, 0.3) is 22.2 Å². The van der Waals surface area contributed by atoms with Crippen molar-refractivity contribution < 1.29 is 18.7 Å². The van der Waals surface area contributed by atoms with Crippen LogP contribution in [0.1, 0.15) is 33.5 Å².